The first-order chi connectivity index (χ1) is 10.3. The SMILES string of the molecule is CCCN1CCC(CN=C(NCC)NCCCCSC)C1.I. The van der Waals surface area contributed by atoms with E-state index in [2.05, 4.69) is 35.6 Å². The molecule has 1 atom stereocenters. The van der Waals surface area contributed by atoms with E-state index in [1.807, 2.05) is 11.8 Å². The predicted molar refractivity (Wildman–Crippen MR) is 112 cm³/mol. The molecule has 1 saturated heterocycles. The van der Waals surface area contributed by atoms with E-state index in [-0.39, 0.29) is 24.0 Å². The first-order valence-electron chi connectivity index (χ1n) is 8.53. The Morgan fingerprint density at radius 1 is 1.27 bits per heavy atom. The van der Waals surface area contributed by atoms with E-state index in [0.29, 0.717) is 0 Å². The second kappa shape index (κ2) is 14.9. The Bertz CT molecular complexity index is 289. The van der Waals surface area contributed by atoms with Gasteiger partial charge in [-0.2, -0.15) is 11.8 Å². The number of thioether (sulfide) groups is 1. The Morgan fingerprint density at radius 3 is 2.77 bits per heavy atom. The van der Waals surface area contributed by atoms with Gasteiger partial charge >= 0.3 is 0 Å². The van der Waals surface area contributed by atoms with Crippen molar-refractivity contribution in [3.8, 4) is 0 Å². The summed E-state index contributed by atoms with van der Waals surface area (Å²) >= 11 is 1.92. The van der Waals surface area contributed by atoms with Crippen LogP contribution in [-0.2, 0) is 0 Å². The van der Waals surface area contributed by atoms with Crippen molar-refractivity contribution in [3.63, 3.8) is 0 Å². The molecular formula is C16H35IN4S. The van der Waals surface area contributed by atoms with Gasteiger partial charge in [0.15, 0.2) is 5.96 Å². The van der Waals surface area contributed by atoms with Crippen LogP contribution < -0.4 is 10.6 Å². The van der Waals surface area contributed by atoms with Crippen molar-refractivity contribution in [2.24, 2.45) is 10.9 Å². The Labute approximate surface area is 158 Å². The maximum atomic E-state index is 4.77. The van der Waals surface area contributed by atoms with Gasteiger partial charge in [0, 0.05) is 26.2 Å². The van der Waals surface area contributed by atoms with Crippen LogP contribution in [0.4, 0.5) is 0 Å². The third-order valence-electron chi connectivity index (χ3n) is 3.83. The second-order valence-corrected chi connectivity index (χ2v) is 6.79. The highest BCUT2D eigenvalue weighted by atomic mass is 127. The molecule has 0 radical (unpaired) electrons. The van der Waals surface area contributed by atoms with E-state index in [0.717, 1.165) is 31.5 Å². The minimum absolute atomic E-state index is 0. The lowest BCUT2D eigenvalue weighted by atomic mass is 10.1. The number of hydrogen-bond acceptors (Lipinski definition) is 3. The molecule has 2 N–H and O–H groups in total. The summed E-state index contributed by atoms with van der Waals surface area (Å²) in [5, 5.41) is 6.81. The molecule has 1 aliphatic heterocycles. The Kier molecular flexibility index (Phi) is 15.1. The van der Waals surface area contributed by atoms with Gasteiger partial charge in [0.05, 0.1) is 0 Å². The summed E-state index contributed by atoms with van der Waals surface area (Å²) in [6, 6.07) is 0. The van der Waals surface area contributed by atoms with Crippen molar-refractivity contribution in [2.45, 2.75) is 39.5 Å². The molecule has 0 saturated carbocycles. The van der Waals surface area contributed by atoms with Crippen molar-refractivity contribution in [1.29, 1.82) is 0 Å². The van der Waals surface area contributed by atoms with Gasteiger partial charge in [-0.15, -0.1) is 24.0 Å². The highest BCUT2D eigenvalue weighted by molar-refractivity contribution is 14.0. The van der Waals surface area contributed by atoms with Crippen LogP contribution in [0.5, 0.6) is 0 Å². The lowest BCUT2D eigenvalue weighted by molar-refractivity contribution is 0.326. The topological polar surface area (TPSA) is 39.7 Å². The molecular weight excluding hydrogens is 407 g/mol. The number of hydrogen-bond donors (Lipinski definition) is 2. The third-order valence-corrected chi connectivity index (χ3v) is 4.53. The first kappa shape index (κ1) is 22.3. The van der Waals surface area contributed by atoms with E-state index in [1.54, 1.807) is 0 Å². The number of rotatable bonds is 10. The molecule has 6 heteroatoms. The van der Waals surface area contributed by atoms with Crippen molar-refractivity contribution in [1.82, 2.24) is 15.5 Å². The average molecular weight is 442 g/mol. The van der Waals surface area contributed by atoms with Gasteiger partial charge < -0.3 is 15.5 Å². The standard InChI is InChI=1S/C16H34N4S.HI/c1-4-10-20-11-8-15(14-20)13-19-16(17-5-2)18-9-6-7-12-21-3;/h15H,4-14H2,1-3H3,(H2,17,18,19);1H. The number of likely N-dealkylation sites (tertiary alicyclic amines) is 1. The molecule has 4 nitrogen and oxygen atoms in total. The first-order valence-corrected chi connectivity index (χ1v) is 9.93. The molecule has 132 valence electrons. The predicted octanol–water partition coefficient (Wildman–Crippen LogP) is 3.03. The van der Waals surface area contributed by atoms with Crippen LogP contribution in [0.15, 0.2) is 4.99 Å². The molecule has 0 amide bonds. The zero-order valence-electron chi connectivity index (χ0n) is 14.6. The normalized spacial score (nSPS) is 19.0. The monoisotopic (exact) mass is 442 g/mol. The molecule has 0 aromatic heterocycles. The van der Waals surface area contributed by atoms with Crippen LogP contribution in [0, 0.1) is 5.92 Å². The molecule has 1 fully saturated rings. The van der Waals surface area contributed by atoms with Crippen LogP contribution >= 0.6 is 35.7 Å². The summed E-state index contributed by atoms with van der Waals surface area (Å²) in [5.74, 6) is 2.99. The van der Waals surface area contributed by atoms with Crippen molar-refractivity contribution in [3.05, 3.63) is 0 Å². The fourth-order valence-corrected chi connectivity index (χ4v) is 3.21. The van der Waals surface area contributed by atoms with Gasteiger partial charge in [0.1, 0.15) is 0 Å². The van der Waals surface area contributed by atoms with Crippen LogP contribution in [0.1, 0.15) is 39.5 Å². The number of aliphatic imine (C=N–C) groups is 1. The fraction of sp³-hybridized carbons (Fsp3) is 0.938. The molecule has 22 heavy (non-hydrogen) atoms. The molecule has 1 aliphatic rings. The summed E-state index contributed by atoms with van der Waals surface area (Å²) < 4.78 is 0. The Morgan fingerprint density at radius 2 is 2.09 bits per heavy atom. The van der Waals surface area contributed by atoms with E-state index in [1.165, 1.54) is 51.1 Å². The Balaban J connectivity index is 0.00000441. The number of guanidine groups is 1. The summed E-state index contributed by atoms with van der Waals surface area (Å²) in [7, 11) is 0. The van der Waals surface area contributed by atoms with E-state index >= 15 is 0 Å². The highest BCUT2D eigenvalue weighted by Gasteiger charge is 2.21. The molecule has 0 aliphatic carbocycles. The molecule has 0 bridgehead atoms. The van der Waals surface area contributed by atoms with Crippen LogP contribution in [0.3, 0.4) is 0 Å². The van der Waals surface area contributed by atoms with Gasteiger partial charge in [-0.3, -0.25) is 4.99 Å². The zero-order valence-corrected chi connectivity index (χ0v) is 17.7. The van der Waals surface area contributed by atoms with Crippen molar-refractivity contribution < 1.29 is 0 Å². The minimum Gasteiger partial charge on any atom is -0.357 e. The molecule has 1 heterocycles. The molecule has 0 aromatic carbocycles. The summed E-state index contributed by atoms with van der Waals surface area (Å²) in [4.78, 5) is 7.34. The maximum absolute atomic E-state index is 4.77. The summed E-state index contributed by atoms with van der Waals surface area (Å²) in [5.41, 5.74) is 0. The van der Waals surface area contributed by atoms with Gasteiger partial charge in [-0.1, -0.05) is 6.92 Å². The van der Waals surface area contributed by atoms with E-state index in [9.17, 15) is 0 Å². The second-order valence-electron chi connectivity index (χ2n) is 5.80. The van der Waals surface area contributed by atoms with E-state index < -0.39 is 0 Å². The lowest BCUT2D eigenvalue weighted by Gasteiger charge is -2.15. The van der Waals surface area contributed by atoms with Crippen molar-refractivity contribution in [2.75, 3.05) is 51.3 Å². The molecule has 0 spiro atoms. The molecule has 1 rings (SSSR count). The van der Waals surface area contributed by atoms with Gasteiger partial charge in [0.25, 0.3) is 0 Å². The largest absolute Gasteiger partial charge is 0.357 e. The number of unbranched alkanes of at least 4 members (excludes halogenated alkanes) is 1. The number of nitrogens with zero attached hydrogens (tertiary/aromatic N) is 2. The number of nitrogens with one attached hydrogen (secondary N) is 2. The smallest absolute Gasteiger partial charge is 0.191 e. The summed E-state index contributed by atoms with van der Waals surface area (Å²) in [6.07, 6.45) is 7.23. The van der Waals surface area contributed by atoms with E-state index in [4.69, 9.17) is 4.99 Å². The van der Waals surface area contributed by atoms with Crippen LogP contribution in [-0.4, -0.2) is 62.1 Å². The van der Waals surface area contributed by atoms with Crippen molar-refractivity contribution >= 4 is 41.7 Å². The fourth-order valence-electron chi connectivity index (χ4n) is 2.72. The number of halogens is 1. The average Bonchev–Trinajstić information content (AvgIpc) is 2.92. The quantitative estimate of drug-likeness (QED) is 0.236. The van der Waals surface area contributed by atoms with Gasteiger partial charge in [-0.25, -0.2) is 0 Å². The third kappa shape index (κ3) is 10.2. The summed E-state index contributed by atoms with van der Waals surface area (Å²) in [6.45, 7) is 11.0. The van der Waals surface area contributed by atoms with Gasteiger partial charge in [-0.05, 0) is 63.6 Å². The highest BCUT2D eigenvalue weighted by Crippen LogP contribution is 2.16. The maximum Gasteiger partial charge on any atom is 0.191 e. The minimum atomic E-state index is 0. The van der Waals surface area contributed by atoms with Gasteiger partial charge in [0.2, 0.25) is 0 Å². The zero-order chi connectivity index (χ0) is 15.3. The lowest BCUT2D eigenvalue weighted by Crippen LogP contribution is -2.38. The molecule has 0 aromatic rings. The molecule has 1 unspecified atom stereocenters. The van der Waals surface area contributed by atoms with Crippen LogP contribution in [0.25, 0.3) is 0 Å². The Hall–Kier alpha value is 0.310. The van der Waals surface area contributed by atoms with Crippen LogP contribution in [0.2, 0.25) is 0 Å².